The molecule has 1 unspecified atom stereocenters. The SMILES string of the molecule is CC(C#N)CN1CC(CO)C1. The molecule has 0 aliphatic carbocycles. The molecule has 1 aliphatic rings. The van der Waals surface area contributed by atoms with E-state index in [0.29, 0.717) is 5.92 Å². The molecule has 3 heteroatoms. The highest BCUT2D eigenvalue weighted by Crippen LogP contribution is 2.15. The molecule has 1 fully saturated rings. The van der Waals surface area contributed by atoms with Crippen LogP contribution in [0.5, 0.6) is 0 Å². The Morgan fingerprint density at radius 3 is 2.82 bits per heavy atom. The summed E-state index contributed by atoms with van der Waals surface area (Å²) in [7, 11) is 0. The number of nitrogens with zero attached hydrogens (tertiary/aromatic N) is 2. The summed E-state index contributed by atoms with van der Waals surface area (Å²) in [5.41, 5.74) is 0. The lowest BCUT2D eigenvalue weighted by Gasteiger charge is -2.38. The molecule has 0 aromatic heterocycles. The number of aliphatic hydroxyl groups is 1. The number of aliphatic hydroxyl groups excluding tert-OH is 1. The van der Waals surface area contributed by atoms with Gasteiger partial charge < -0.3 is 10.0 Å². The zero-order valence-electron chi connectivity index (χ0n) is 6.82. The van der Waals surface area contributed by atoms with Gasteiger partial charge in [0.05, 0.1) is 12.0 Å². The summed E-state index contributed by atoms with van der Waals surface area (Å²) < 4.78 is 0. The van der Waals surface area contributed by atoms with Crippen molar-refractivity contribution in [1.82, 2.24) is 4.90 Å². The van der Waals surface area contributed by atoms with Crippen LogP contribution >= 0.6 is 0 Å². The fourth-order valence-electron chi connectivity index (χ4n) is 1.37. The van der Waals surface area contributed by atoms with Crippen LogP contribution in [0.25, 0.3) is 0 Å². The quantitative estimate of drug-likeness (QED) is 0.625. The molecule has 0 spiro atoms. The first-order chi connectivity index (χ1) is 5.26. The number of rotatable bonds is 3. The van der Waals surface area contributed by atoms with Crippen LogP contribution in [0.4, 0.5) is 0 Å². The van der Waals surface area contributed by atoms with E-state index in [1.54, 1.807) is 0 Å². The lowest BCUT2D eigenvalue weighted by molar-refractivity contribution is 0.0485. The molecule has 62 valence electrons. The summed E-state index contributed by atoms with van der Waals surface area (Å²) in [5.74, 6) is 0.579. The molecule has 0 aromatic rings. The van der Waals surface area contributed by atoms with Gasteiger partial charge in [-0.05, 0) is 6.92 Å². The van der Waals surface area contributed by atoms with Crippen LogP contribution < -0.4 is 0 Å². The van der Waals surface area contributed by atoms with Crippen molar-refractivity contribution < 1.29 is 5.11 Å². The molecule has 1 atom stereocenters. The second-order valence-electron chi connectivity index (χ2n) is 3.30. The predicted octanol–water partition coefficient (Wildman–Crippen LogP) is 0.0702. The molecule has 1 aliphatic heterocycles. The van der Waals surface area contributed by atoms with Gasteiger partial charge in [-0.15, -0.1) is 0 Å². The van der Waals surface area contributed by atoms with Crippen molar-refractivity contribution in [3.8, 4) is 6.07 Å². The first-order valence-corrected chi connectivity index (χ1v) is 3.99. The molecule has 0 saturated carbocycles. The largest absolute Gasteiger partial charge is 0.396 e. The van der Waals surface area contributed by atoms with Gasteiger partial charge in [0.1, 0.15) is 0 Å². The van der Waals surface area contributed by atoms with E-state index in [0.717, 1.165) is 19.6 Å². The molecule has 1 heterocycles. The van der Waals surface area contributed by atoms with E-state index in [2.05, 4.69) is 11.0 Å². The standard InChI is InChI=1S/C8H14N2O/c1-7(2-9)3-10-4-8(5-10)6-11/h7-8,11H,3-6H2,1H3. The van der Waals surface area contributed by atoms with Crippen molar-refractivity contribution >= 4 is 0 Å². The van der Waals surface area contributed by atoms with Crippen LogP contribution in [-0.2, 0) is 0 Å². The maximum absolute atomic E-state index is 8.70. The Balaban J connectivity index is 2.10. The third-order valence-corrected chi connectivity index (χ3v) is 2.04. The molecular formula is C8H14N2O. The van der Waals surface area contributed by atoms with Crippen molar-refractivity contribution in [2.45, 2.75) is 6.92 Å². The van der Waals surface area contributed by atoms with Gasteiger partial charge in [-0.3, -0.25) is 0 Å². The first kappa shape index (κ1) is 8.51. The Morgan fingerprint density at radius 1 is 1.73 bits per heavy atom. The van der Waals surface area contributed by atoms with Crippen LogP contribution in [0.15, 0.2) is 0 Å². The van der Waals surface area contributed by atoms with Crippen molar-refractivity contribution in [3.63, 3.8) is 0 Å². The third kappa shape index (κ3) is 2.18. The summed E-state index contributed by atoms with van der Waals surface area (Å²) in [4.78, 5) is 2.20. The molecule has 1 saturated heterocycles. The van der Waals surface area contributed by atoms with Crippen molar-refractivity contribution in [1.29, 1.82) is 5.26 Å². The molecule has 0 amide bonds. The minimum Gasteiger partial charge on any atom is -0.396 e. The van der Waals surface area contributed by atoms with Crippen LogP contribution in [0.2, 0.25) is 0 Å². The predicted molar refractivity (Wildman–Crippen MR) is 41.8 cm³/mol. The number of likely N-dealkylation sites (tertiary alicyclic amines) is 1. The van der Waals surface area contributed by atoms with E-state index in [4.69, 9.17) is 10.4 Å². The minimum atomic E-state index is 0.120. The third-order valence-electron chi connectivity index (χ3n) is 2.04. The summed E-state index contributed by atoms with van der Waals surface area (Å²) in [5, 5.41) is 17.2. The maximum Gasteiger partial charge on any atom is 0.0666 e. The van der Waals surface area contributed by atoms with Crippen LogP contribution in [0.1, 0.15) is 6.92 Å². The Kier molecular flexibility index (Phi) is 2.86. The number of hydrogen-bond acceptors (Lipinski definition) is 3. The average Bonchev–Trinajstić information content (AvgIpc) is 1.95. The molecule has 0 bridgehead atoms. The van der Waals surface area contributed by atoms with Gasteiger partial charge in [0.15, 0.2) is 0 Å². The van der Waals surface area contributed by atoms with E-state index in [9.17, 15) is 0 Å². The van der Waals surface area contributed by atoms with Crippen molar-refractivity contribution in [2.75, 3.05) is 26.2 Å². The van der Waals surface area contributed by atoms with E-state index < -0.39 is 0 Å². The smallest absolute Gasteiger partial charge is 0.0666 e. The van der Waals surface area contributed by atoms with Crippen LogP contribution in [0, 0.1) is 23.2 Å². The van der Waals surface area contributed by atoms with E-state index >= 15 is 0 Å². The highest BCUT2D eigenvalue weighted by atomic mass is 16.3. The Hall–Kier alpha value is -0.590. The maximum atomic E-state index is 8.70. The Bertz CT molecular complexity index is 158. The van der Waals surface area contributed by atoms with E-state index in [1.165, 1.54) is 0 Å². The summed E-state index contributed by atoms with van der Waals surface area (Å²) in [6, 6.07) is 2.19. The van der Waals surface area contributed by atoms with Gasteiger partial charge in [-0.25, -0.2) is 0 Å². The summed E-state index contributed by atoms with van der Waals surface area (Å²) in [6.45, 7) is 4.99. The lowest BCUT2D eigenvalue weighted by atomic mass is 10.00. The number of nitriles is 1. The van der Waals surface area contributed by atoms with Crippen molar-refractivity contribution in [3.05, 3.63) is 0 Å². The molecule has 1 N–H and O–H groups in total. The molecular weight excluding hydrogens is 140 g/mol. The fraction of sp³-hybridized carbons (Fsp3) is 0.875. The van der Waals surface area contributed by atoms with Gasteiger partial charge in [-0.2, -0.15) is 5.26 Å². The minimum absolute atomic E-state index is 0.120. The monoisotopic (exact) mass is 154 g/mol. The Labute approximate surface area is 67.2 Å². The van der Waals surface area contributed by atoms with Crippen molar-refractivity contribution in [2.24, 2.45) is 11.8 Å². The molecule has 0 radical (unpaired) electrons. The second kappa shape index (κ2) is 3.70. The lowest BCUT2D eigenvalue weighted by Crippen LogP contribution is -2.49. The Morgan fingerprint density at radius 2 is 2.36 bits per heavy atom. The highest BCUT2D eigenvalue weighted by Gasteiger charge is 2.26. The van der Waals surface area contributed by atoms with Gasteiger partial charge in [0.2, 0.25) is 0 Å². The van der Waals surface area contributed by atoms with E-state index in [-0.39, 0.29) is 12.5 Å². The van der Waals surface area contributed by atoms with Gasteiger partial charge >= 0.3 is 0 Å². The molecule has 1 rings (SSSR count). The van der Waals surface area contributed by atoms with Gasteiger partial charge in [0, 0.05) is 32.2 Å². The molecule has 3 nitrogen and oxygen atoms in total. The normalized spacial score (nSPS) is 22.3. The van der Waals surface area contributed by atoms with Gasteiger partial charge in [-0.1, -0.05) is 0 Å². The molecule has 0 aromatic carbocycles. The van der Waals surface area contributed by atoms with Crippen LogP contribution in [0.3, 0.4) is 0 Å². The average molecular weight is 154 g/mol. The first-order valence-electron chi connectivity index (χ1n) is 3.99. The molecule has 11 heavy (non-hydrogen) atoms. The highest BCUT2D eigenvalue weighted by molar-refractivity contribution is 4.86. The topological polar surface area (TPSA) is 47.3 Å². The number of hydrogen-bond donors (Lipinski definition) is 1. The summed E-state index contributed by atoms with van der Waals surface area (Å²) in [6.07, 6.45) is 0. The van der Waals surface area contributed by atoms with Crippen LogP contribution in [-0.4, -0.2) is 36.2 Å². The zero-order valence-corrected chi connectivity index (χ0v) is 6.82. The van der Waals surface area contributed by atoms with Gasteiger partial charge in [0.25, 0.3) is 0 Å². The zero-order chi connectivity index (χ0) is 8.27. The van der Waals surface area contributed by atoms with E-state index in [1.807, 2.05) is 6.92 Å². The fourth-order valence-corrected chi connectivity index (χ4v) is 1.37. The second-order valence-corrected chi connectivity index (χ2v) is 3.30. The summed E-state index contributed by atoms with van der Waals surface area (Å²) >= 11 is 0.